The van der Waals surface area contributed by atoms with Crippen LogP contribution in [0.4, 0.5) is 0 Å². The van der Waals surface area contributed by atoms with Gasteiger partial charge in [-0.15, -0.1) is 0 Å². The third kappa shape index (κ3) is 7.34. The Morgan fingerprint density at radius 3 is 1.41 bits per heavy atom. The maximum atomic E-state index is 8.68. The zero-order chi connectivity index (χ0) is 39.5. The second kappa shape index (κ2) is 15.6. The highest BCUT2D eigenvalue weighted by atomic mass is 14.9. The molecule has 0 bridgehead atoms. The van der Waals surface area contributed by atoms with Crippen LogP contribution in [0.1, 0.15) is 29.5 Å². The molecule has 0 spiro atoms. The van der Waals surface area contributed by atoms with Gasteiger partial charge in [-0.3, -0.25) is 9.97 Å². The number of pyridine rings is 3. The fourth-order valence-corrected chi connectivity index (χ4v) is 7.96. The highest BCUT2D eigenvalue weighted by molar-refractivity contribution is 6.10. The number of nitrogens with one attached hydrogen (secondary N) is 2. The first kappa shape index (κ1) is 35.6. The largest absolute Gasteiger partial charge is 0.354 e. The average molecular weight is 758 g/mol. The van der Waals surface area contributed by atoms with Gasteiger partial charge in [0.05, 0.1) is 17.1 Å². The monoisotopic (exact) mass is 757 g/mol. The lowest BCUT2D eigenvalue weighted by Gasteiger charge is -2.25. The molecule has 5 heteroatoms. The van der Waals surface area contributed by atoms with E-state index in [0.29, 0.717) is 5.71 Å². The average Bonchev–Trinajstić information content (AvgIpc) is 3.32. The van der Waals surface area contributed by atoms with Gasteiger partial charge in [0.25, 0.3) is 0 Å². The lowest BCUT2D eigenvalue weighted by atomic mass is 9.90. The molecule has 5 aromatic carbocycles. The van der Waals surface area contributed by atoms with Crippen molar-refractivity contribution in [2.24, 2.45) is 0 Å². The van der Waals surface area contributed by atoms with Crippen molar-refractivity contribution < 1.29 is 0 Å². The first-order valence-electron chi connectivity index (χ1n) is 19.9. The summed E-state index contributed by atoms with van der Waals surface area (Å²) in [6.07, 6.45) is 15.4. The Kier molecular flexibility index (Phi) is 9.45. The maximum Gasteiger partial charge on any atom is 0.0715 e. The minimum Gasteiger partial charge on any atom is -0.354 e. The molecule has 8 aromatic rings. The van der Waals surface area contributed by atoms with Crippen LogP contribution in [0, 0.1) is 5.41 Å². The second-order valence-corrected chi connectivity index (χ2v) is 14.9. The Morgan fingerprint density at radius 1 is 0.458 bits per heavy atom. The van der Waals surface area contributed by atoms with Gasteiger partial charge in [0.1, 0.15) is 0 Å². The molecule has 0 radical (unpaired) electrons. The highest BCUT2D eigenvalue weighted by Gasteiger charge is 2.21. The number of rotatable bonds is 7. The van der Waals surface area contributed by atoms with Crippen LogP contribution in [0.25, 0.3) is 84.5 Å². The molecule has 1 aliphatic heterocycles. The van der Waals surface area contributed by atoms with Crippen LogP contribution in [-0.2, 0) is 0 Å². The molecule has 3 aromatic heterocycles. The second-order valence-electron chi connectivity index (χ2n) is 14.9. The zero-order valence-corrected chi connectivity index (χ0v) is 32.3. The zero-order valence-electron chi connectivity index (χ0n) is 32.3. The summed E-state index contributed by atoms with van der Waals surface area (Å²) in [5, 5.41) is 12.4. The van der Waals surface area contributed by atoms with Crippen LogP contribution >= 0.6 is 0 Å². The van der Waals surface area contributed by atoms with Crippen molar-refractivity contribution in [3.63, 3.8) is 0 Å². The summed E-state index contributed by atoms with van der Waals surface area (Å²) in [7, 11) is 0. The normalized spacial score (nSPS) is 14.6. The number of hydrogen-bond acceptors (Lipinski definition) is 5. The van der Waals surface area contributed by atoms with Crippen LogP contribution in [0.3, 0.4) is 0 Å². The van der Waals surface area contributed by atoms with E-state index >= 15 is 0 Å². The predicted octanol–water partition coefficient (Wildman–Crippen LogP) is 13.1. The molecule has 2 N–H and O–H groups in total. The number of fused-ring (bicyclic) bond motifs is 1. The Hall–Kier alpha value is -7.76. The number of nitrogens with zero attached hydrogens (tertiary/aromatic N) is 3. The summed E-state index contributed by atoms with van der Waals surface area (Å²) in [4.78, 5) is 13.6. The van der Waals surface area contributed by atoms with E-state index < -0.39 is 0 Å². The molecular weight excluding hydrogens is 719 g/mol. The van der Waals surface area contributed by atoms with Crippen LogP contribution in [0.5, 0.6) is 0 Å². The summed E-state index contributed by atoms with van der Waals surface area (Å²) in [5.41, 5.74) is 20.1. The van der Waals surface area contributed by atoms with Gasteiger partial charge in [0, 0.05) is 58.5 Å². The molecule has 0 unspecified atom stereocenters. The van der Waals surface area contributed by atoms with E-state index in [0.717, 1.165) is 114 Å². The molecule has 0 atom stereocenters. The third-order valence-corrected chi connectivity index (χ3v) is 11.2. The molecular formula is C54H39N5. The fraction of sp³-hybridized carbons (Fsp3) is 0.0370. The minimum atomic E-state index is 0.676. The van der Waals surface area contributed by atoms with Crippen molar-refractivity contribution in [3.8, 4) is 67.0 Å². The SMILES string of the molecule is N=C1CCC=C/C1=C1/NC(c2ccc(-c3ccc(-c4cc(-c5ccc(-c6ccncc6)cc5)nc(-c5ccc(-c6ccncc6)cc5)c4)cc3)cc2)=Cc2ccccc21. The summed E-state index contributed by atoms with van der Waals surface area (Å²) in [6.45, 7) is 0. The Labute approximate surface area is 344 Å². The quantitative estimate of drug-likeness (QED) is 0.170. The Balaban J connectivity index is 0.957. The van der Waals surface area contributed by atoms with E-state index in [4.69, 9.17) is 10.4 Å². The number of allylic oxidation sites excluding steroid dienone is 3. The van der Waals surface area contributed by atoms with Crippen LogP contribution in [0.2, 0.25) is 0 Å². The molecule has 0 amide bonds. The van der Waals surface area contributed by atoms with E-state index in [1.807, 2.05) is 49.1 Å². The van der Waals surface area contributed by atoms with Crippen LogP contribution in [-0.4, -0.2) is 20.7 Å². The van der Waals surface area contributed by atoms with Crippen molar-refractivity contribution in [1.29, 1.82) is 5.41 Å². The minimum absolute atomic E-state index is 0.676. The lowest BCUT2D eigenvalue weighted by molar-refractivity contribution is 1.05. The van der Waals surface area contributed by atoms with E-state index in [-0.39, 0.29) is 0 Å². The van der Waals surface area contributed by atoms with E-state index in [1.165, 1.54) is 0 Å². The standard InChI is InChI=1S/C54H39N5/c55-50-8-4-3-7-49(50)54-48-6-2-1-5-46(48)33-53(59-54)45-23-13-37(14-24-45)36-9-11-40(12-10-36)47-34-51(43-19-15-38(16-20-43)41-25-29-56-30-26-41)58-52(35-47)44-21-17-39(18-22-44)42-27-31-57-32-28-42/h1-3,5-7,9-35,55,59H,4,8H2/b54-49-,55-50?. The van der Waals surface area contributed by atoms with Gasteiger partial charge in [-0.05, 0) is 111 Å². The van der Waals surface area contributed by atoms with E-state index in [2.05, 4.69) is 167 Å². The van der Waals surface area contributed by atoms with Crippen LogP contribution < -0.4 is 5.32 Å². The Bertz CT molecular complexity index is 2810. The van der Waals surface area contributed by atoms with Gasteiger partial charge in [-0.2, -0.15) is 0 Å². The molecule has 5 nitrogen and oxygen atoms in total. The highest BCUT2D eigenvalue weighted by Crippen LogP contribution is 2.36. The summed E-state index contributed by atoms with van der Waals surface area (Å²) in [5.74, 6) is 0. The number of benzene rings is 5. The fourth-order valence-electron chi connectivity index (χ4n) is 7.96. The molecule has 2 aliphatic rings. The van der Waals surface area contributed by atoms with Crippen molar-refractivity contribution in [1.82, 2.24) is 20.3 Å². The van der Waals surface area contributed by atoms with E-state index in [1.54, 1.807) is 0 Å². The summed E-state index contributed by atoms with van der Waals surface area (Å²) >= 11 is 0. The molecule has 59 heavy (non-hydrogen) atoms. The van der Waals surface area contributed by atoms with Gasteiger partial charge in [-0.25, -0.2) is 4.98 Å². The van der Waals surface area contributed by atoms with Gasteiger partial charge >= 0.3 is 0 Å². The first-order valence-corrected chi connectivity index (χ1v) is 19.9. The molecule has 0 fully saturated rings. The number of aromatic nitrogens is 3. The molecule has 4 heterocycles. The van der Waals surface area contributed by atoms with Crippen molar-refractivity contribution in [3.05, 3.63) is 217 Å². The van der Waals surface area contributed by atoms with Crippen molar-refractivity contribution in [2.75, 3.05) is 0 Å². The topological polar surface area (TPSA) is 74.6 Å². The van der Waals surface area contributed by atoms with Gasteiger partial charge in [0.2, 0.25) is 0 Å². The Morgan fingerprint density at radius 2 is 0.898 bits per heavy atom. The van der Waals surface area contributed by atoms with Crippen LogP contribution in [0.15, 0.2) is 200 Å². The molecule has 0 saturated heterocycles. The predicted molar refractivity (Wildman–Crippen MR) is 243 cm³/mol. The molecule has 0 saturated carbocycles. The summed E-state index contributed by atoms with van der Waals surface area (Å²) in [6, 6.07) is 55.7. The maximum absolute atomic E-state index is 8.68. The first-order chi connectivity index (χ1) is 29.1. The molecule has 280 valence electrons. The summed E-state index contributed by atoms with van der Waals surface area (Å²) < 4.78 is 0. The number of hydrogen-bond donors (Lipinski definition) is 2. The molecule has 10 rings (SSSR count). The molecule has 1 aliphatic carbocycles. The van der Waals surface area contributed by atoms with Crippen molar-refractivity contribution in [2.45, 2.75) is 12.8 Å². The third-order valence-electron chi connectivity index (χ3n) is 11.2. The van der Waals surface area contributed by atoms with Crippen molar-refractivity contribution >= 4 is 23.2 Å². The lowest BCUT2D eigenvalue weighted by Crippen LogP contribution is -2.20. The van der Waals surface area contributed by atoms with Gasteiger partial charge in [0.15, 0.2) is 0 Å². The van der Waals surface area contributed by atoms with Gasteiger partial charge < -0.3 is 10.7 Å². The van der Waals surface area contributed by atoms with Gasteiger partial charge in [-0.1, -0.05) is 133 Å². The van der Waals surface area contributed by atoms with E-state index in [9.17, 15) is 0 Å². The smallest absolute Gasteiger partial charge is 0.0715 e.